The van der Waals surface area contributed by atoms with Gasteiger partial charge in [0.25, 0.3) is 0 Å². The number of anilines is 1. The second-order valence-corrected chi connectivity index (χ2v) is 9.03. The Morgan fingerprint density at radius 2 is 1.73 bits per heavy atom. The van der Waals surface area contributed by atoms with Crippen LogP contribution < -0.4 is 5.32 Å². The van der Waals surface area contributed by atoms with Crippen molar-refractivity contribution in [3.63, 3.8) is 0 Å². The zero-order valence-corrected chi connectivity index (χ0v) is 16.9. The van der Waals surface area contributed by atoms with Gasteiger partial charge in [-0.2, -0.15) is 17.5 Å². The molecule has 0 atom stereocenters. The molecule has 1 aliphatic heterocycles. The molecule has 5 nitrogen and oxygen atoms in total. The smallest absolute Gasteiger partial charge is 0.326 e. The number of sulfonamides is 1. The van der Waals surface area contributed by atoms with Crippen LogP contribution in [0.15, 0.2) is 47.4 Å². The molecule has 0 aromatic heterocycles. The van der Waals surface area contributed by atoms with Crippen molar-refractivity contribution < 1.29 is 30.8 Å². The Morgan fingerprint density at radius 3 is 2.33 bits per heavy atom. The van der Waals surface area contributed by atoms with Crippen molar-refractivity contribution in [1.29, 1.82) is 0 Å². The van der Waals surface area contributed by atoms with E-state index in [1.807, 2.05) is 0 Å². The van der Waals surface area contributed by atoms with Crippen molar-refractivity contribution in [1.82, 2.24) is 4.31 Å². The van der Waals surface area contributed by atoms with Gasteiger partial charge in [-0.1, -0.05) is 18.2 Å². The van der Waals surface area contributed by atoms with Crippen molar-refractivity contribution in [3.8, 4) is 0 Å². The van der Waals surface area contributed by atoms with Crippen LogP contribution in [-0.2, 0) is 21.0 Å². The Kier molecular flexibility index (Phi) is 6.19. The van der Waals surface area contributed by atoms with Gasteiger partial charge in [0, 0.05) is 24.7 Å². The van der Waals surface area contributed by atoms with E-state index >= 15 is 0 Å². The summed E-state index contributed by atoms with van der Waals surface area (Å²) in [5.74, 6) is -1.37. The zero-order valence-electron chi connectivity index (χ0n) is 16.0. The van der Waals surface area contributed by atoms with Gasteiger partial charge in [-0.05, 0) is 49.6 Å². The van der Waals surface area contributed by atoms with E-state index in [1.54, 1.807) is 13.0 Å². The third-order valence-corrected chi connectivity index (χ3v) is 7.03. The minimum Gasteiger partial charge on any atom is -0.326 e. The summed E-state index contributed by atoms with van der Waals surface area (Å²) >= 11 is 0. The fraction of sp³-hybridized carbons (Fsp3) is 0.350. The van der Waals surface area contributed by atoms with Crippen molar-refractivity contribution in [3.05, 3.63) is 59.4 Å². The highest BCUT2D eigenvalue weighted by Gasteiger charge is 2.40. The highest BCUT2D eigenvalue weighted by molar-refractivity contribution is 7.89. The van der Waals surface area contributed by atoms with E-state index in [9.17, 15) is 30.8 Å². The first kappa shape index (κ1) is 22.2. The number of hydrogen-bond acceptors (Lipinski definition) is 3. The fourth-order valence-electron chi connectivity index (χ4n) is 3.34. The van der Waals surface area contributed by atoms with Crippen LogP contribution in [0.1, 0.15) is 24.0 Å². The normalized spacial score (nSPS) is 16.4. The number of nitrogens with one attached hydrogen (secondary N) is 1. The van der Waals surface area contributed by atoms with E-state index in [-0.39, 0.29) is 37.5 Å². The van der Waals surface area contributed by atoms with Gasteiger partial charge in [-0.15, -0.1) is 0 Å². The number of benzene rings is 2. The maximum Gasteiger partial charge on any atom is 0.417 e. The van der Waals surface area contributed by atoms with Gasteiger partial charge < -0.3 is 5.32 Å². The molecule has 0 spiro atoms. The number of carbonyl (C=O) groups excluding carboxylic acids is 1. The second kappa shape index (κ2) is 8.35. The van der Waals surface area contributed by atoms with Gasteiger partial charge in [-0.3, -0.25) is 4.79 Å². The van der Waals surface area contributed by atoms with Crippen LogP contribution in [0.2, 0.25) is 0 Å². The molecule has 3 rings (SSSR count). The van der Waals surface area contributed by atoms with Crippen molar-refractivity contribution in [2.24, 2.45) is 5.92 Å². The average molecular weight is 444 g/mol. The van der Waals surface area contributed by atoms with Gasteiger partial charge in [0.1, 0.15) is 5.82 Å². The summed E-state index contributed by atoms with van der Waals surface area (Å²) in [6, 6.07) is 8.31. The van der Waals surface area contributed by atoms with Gasteiger partial charge in [0.05, 0.1) is 10.5 Å². The molecule has 1 saturated heterocycles. The van der Waals surface area contributed by atoms with E-state index in [0.29, 0.717) is 5.56 Å². The summed E-state index contributed by atoms with van der Waals surface area (Å²) < 4.78 is 79.8. The number of carbonyl (C=O) groups is 1. The van der Waals surface area contributed by atoms with Crippen molar-refractivity contribution >= 4 is 21.6 Å². The number of piperidine rings is 1. The van der Waals surface area contributed by atoms with Crippen LogP contribution in [0.4, 0.5) is 23.2 Å². The summed E-state index contributed by atoms with van der Waals surface area (Å²) in [7, 11) is -4.36. The Morgan fingerprint density at radius 1 is 1.10 bits per heavy atom. The summed E-state index contributed by atoms with van der Waals surface area (Å²) in [5, 5.41) is 2.60. The van der Waals surface area contributed by atoms with Gasteiger partial charge in [0.15, 0.2) is 0 Å². The molecule has 162 valence electrons. The third kappa shape index (κ3) is 4.65. The van der Waals surface area contributed by atoms with Crippen LogP contribution in [0.5, 0.6) is 0 Å². The highest BCUT2D eigenvalue weighted by atomic mass is 32.2. The van der Waals surface area contributed by atoms with E-state index in [4.69, 9.17) is 0 Å². The van der Waals surface area contributed by atoms with Crippen LogP contribution >= 0.6 is 0 Å². The number of aryl methyl sites for hydroxylation is 1. The minimum absolute atomic E-state index is 0.0884. The molecule has 1 heterocycles. The Labute approximate surface area is 171 Å². The molecule has 1 N–H and O–H groups in total. The number of amides is 1. The SMILES string of the molecule is Cc1ccc(NC(=O)C2CCN(S(=O)(=O)c3ccccc3C(F)(F)F)CC2)cc1F. The Bertz CT molecular complexity index is 1050. The first-order valence-electron chi connectivity index (χ1n) is 9.23. The molecular weight excluding hydrogens is 424 g/mol. The predicted octanol–water partition coefficient (Wildman–Crippen LogP) is 4.19. The molecule has 0 bridgehead atoms. The standard InChI is InChI=1S/C20H20F4N2O3S/c1-13-6-7-15(12-17(13)21)25-19(27)14-8-10-26(11-9-14)30(28,29)18-5-3-2-4-16(18)20(22,23)24/h2-7,12,14H,8-11H2,1H3,(H,25,27). The molecule has 0 unspecified atom stereocenters. The topological polar surface area (TPSA) is 66.5 Å². The summed E-state index contributed by atoms with van der Waals surface area (Å²) in [6.45, 7) is 1.41. The molecule has 10 heteroatoms. The number of alkyl halides is 3. The second-order valence-electron chi connectivity index (χ2n) is 7.13. The first-order chi connectivity index (χ1) is 14.0. The summed E-state index contributed by atoms with van der Waals surface area (Å²) in [4.78, 5) is 11.6. The van der Waals surface area contributed by atoms with E-state index in [0.717, 1.165) is 22.5 Å². The molecule has 0 radical (unpaired) electrons. The number of hydrogen-bond donors (Lipinski definition) is 1. The lowest BCUT2D eigenvalue weighted by Gasteiger charge is -2.31. The maximum absolute atomic E-state index is 13.6. The summed E-state index contributed by atoms with van der Waals surface area (Å²) in [6.07, 6.45) is -4.51. The van der Waals surface area contributed by atoms with Crippen LogP contribution in [0.3, 0.4) is 0 Å². The molecule has 2 aromatic rings. The number of halogens is 4. The highest BCUT2D eigenvalue weighted by Crippen LogP contribution is 2.36. The third-order valence-electron chi connectivity index (χ3n) is 5.07. The lowest BCUT2D eigenvalue weighted by molar-refractivity contribution is -0.139. The van der Waals surface area contributed by atoms with Gasteiger partial charge in [-0.25, -0.2) is 12.8 Å². The number of nitrogens with zero attached hydrogens (tertiary/aromatic N) is 1. The molecule has 1 amide bonds. The fourth-order valence-corrected chi connectivity index (χ4v) is 5.02. The maximum atomic E-state index is 13.6. The molecule has 1 fully saturated rings. The van der Waals surface area contributed by atoms with Crippen molar-refractivity contribution in [2.45, 2.75) is 30.8 Å². The Balaban J connectivity index is 1.69. The molecular formula is C20H20F4N2O3S. The van der Waals surface area contributed by atoms with Gasteiger partial charge in [0.2, 0.25) is 15.9 Å². The van der Waals surface area contributed by atoms with E-state index in [1.165, 1.54) is 18.2 Å². The van der Waals surface area contributed by atoms with E-state index in [2.05, 4.69) is 5.32 Å². The monoisotopic (exact) mass is 444 g/mol. The molecule has 1 aliphatic rings. The first-order valence-corrected chi connectivity index (χ1v) is 10.7. The van der Waals surface area contributed by atoms with Crippen LogP contribution in [0, 0.1) is 18.7 Å². The van der Waals surface area contributed by atoms with Crippen LogP contribution in [0.25, 0.3) is 0 Å². The van der Waals surface area contributed by atoms with E-state index < -0.39 is 38.4 Å². The zero-order chi connectivity index (χ0) is 22.1. The molecule has 30 heavy (non-hydrogen) atoms. The predicted molar refractivity (Wildman–Crippen MR) is 103 cm³/mol. The van der Waals surface area contributed by atoms with Crippen LogP contribution in [-0.4, -0.2) is 31.7 Å². The van der Waals surface area contributed by atoms with Gasteiger partial charge >= 0.3 is 6.18 Å². The Hall–Kier alpha value is -2.46. The van der Waals surface area contributed by atoms with Crippen molar-refractivity contribution in [2.75, 3.05) is 18.4 Å². The molecule has 0 aliphatic carbocycles. The number of rotatable bonds is 4. The molecule has 2 aromatic carbocycles. The molecule has 0 saturated carbocycles. The quantitative estimate of drug-likeness (QED) is 0.719. The largest absolute Gasteiger partial charge is 0.417 e. The lowest BCUT2D eigenvalue weighted by Crippen LogP contribution is -2.41. The average Bonchev–Trinajstić information content (AvgIpc) is 2.70. The minimum atomic E-state index is -4.80. The lowest BCUT2D eigenvalue weighted by atomic mass is 9.97. The summed E-state index contributed by atoms with van der Waals surface area (Å²) in [5.41, 5.74) is -0.492.